The Bertz CT molecular complexity index is 1300. The molecule has 1 aliphatic rings. The minimum Gasteiger partial charge on any atom is -0.455 e. The molecule has 4 rings (SSSR count). The van der Waals surface area contributed by atoms with Gasteiger partial charge in [0, 0.05) is 54.1 Å². The summed E-state index contributed by atoms with van der Waals surface area (Å²) in [4.78, 5) is 15.0. The summed E-state index contributed by atoms with van der Waals surface area (Å²) >= 11 is 3.51. The number of fused-ring (bicyclic) bond motifs is 1. The molecule has 2 heterocycles. The van der Waals surface area contributed by atoms with Crippen molar-refractivity contribution in [2.45, 2.75) is 13.3 Å². The van der Waals surface area contributed by atoms with Gasteiger partial charge < -0.3 is 9.15 Å². The summed E-state index contributed by atoms with van der Waals surface area (Å²) in [5.41, 5.74) is 1.78. The number of ether oxygens (including phenoxy) is 1. The SMILES string of the molecule is CCC(=O)c1c(-c2ccc(F)cc2)oc2cc(N(CCN3CCOCC3)S(C)(=O)=O)c(Br)cc12. The molecule has 1 saturated heterocycles. The van der Waals surface area contributed by atoms with Crippen molar-refractivity contribution in [2.75, 3.05) is 50.0 Å². The Labute approximate surface area is 206 Å². The van der Waals surface area contributed by atoms with Crippen LogP contribution in [0.1, 0.15) is 23.7 Å². The van der Waals surface area contributed by atoms with Gasteiger partial charge in [0.25, 0.3) is 0 Å². The highest BCUT2D eigenvalue weighted by Crippen LogP contribution is 2.40. The average Bonchev–Trinajstić information content (AvgIpc) is 3.17. The molecular weight excluding hydrogens is 527 g/mol. The number of carbonyl (C=O) groups is 1. The number of morpholine rings is 1. The first-order chi connectivity index (χ1) is 16.2. The van der Waals surface area contributed by atoms with Gasteiger partial charge in [-0.15, -0.1) is 0 Å². The number of furan rings is 1. The molecule has 1 fully saturated rings. The fourth-order valence-corrected chi connectivity index (χ4v) is 5.67. The number of ketones is 1. The molecule has 0 bridgehead atoms. The van der Waals surface area contributed by atoms with E-state index in [-0.39, 0.29) is 18.7 Å². The van der Waals surface area contributed by atoms with Crippen LogP contribution in [-0.2, 0) is 14.8 Å². The van der Waals surface area contributed by atoms with E-state index < -0.39 is 15.8 Å². The second-order valence-electron chi connectivity index (χ2n) is 8.18. The molecule has 7 nitrogen and oxygen atoms in total. The molecule has 34 heavy (non-hydrogen) atoms. The van der Waals surface area contributed by atoms with Crippen molar-refractivity contribution < 1.29 is 26.8 Å². The van der Waals surface area contributed by atoms with Crippen LogP contribution in [0.5, 0.6) is 0 Å². The van der Waals surface area contributed by atoms with Gasteiger partial charge in [-0.05, 0) is 46.3 Å². The molecule has 0 unspecified atom stereocenters. The molecule has 1 aromatic heterocycles. The predicted octanol–water partition coefficient (Wildman–Crippen LogP) is 4.69. The number of sulfonamides is 1. The van der Waals surface area contributed by atoms with E-state index >= 15 is 0 Å². The number of hydrogen-bond donors (Lipinski definition) is 0. The molecule has 0 N–H and O–H groups in total. The molecule has 0 atom stereocenters. The highest BCUT2D eigenvalue weighted by atomic mass is 79.9. The quantitative estimate of drug-likeness (QED) is 0.377. The summed E-state index contributed by atoms with van der Waals surface area (Å²) in [7, 11) is -3.60. The number of halogens is 2. The van der Waals surface area contributed by atoms with Crippen molar-refractivity contribution >= 4 is 48.4 Å². The summed E-state index contributed by atoms with van der Waals surface area (Å²) in [5.74, 6) is -0.174. The smallest absolute Gasteiger partial charge is 0.232 e. The highest BCUT2D eigenvalue weighted by molar-refractivity contribution is 9.10. The lowest BCUT2D eigenvalue weighted by Gasteiger charge is -2.30. The first-order valence-corrected chi connectivity index (χ1v) is 13.7. The van der Waals surface area contributed by atoms with E-state index in [1.165, 1.54) is 22.7 Å². The molecule has 2 aromatic carbocycles. The zero-order valence-electron chi connectivity index (χ0n) is 19.0. The molecule has 182 valence electrons. The van der Waals surface area contributed by atoms with Crippen molar-refractivity contribution in [3.05, 3.63) is 52.3 Å². The second kappa shape index (κ2) is 10.2. The number of hydrogen-bond acceptors (Lipinski definition) is 6. The third-order valence-corrected chi connectivity index (χ3v) is 7.67. The first kappa shape index (κ1) is 24.8. The summed E-state index contributed by atoms with van der Waals surface area (Å²) < 4.78 is 52.2. The molecule has 0 radical (unpaired) electrons. The van der Waals surface area contributed by atoms with E-state index in [4.69, 9.17) is 9.15 Å². The van der Waals surface area contributed by atoms with Gasteiger partial charge in [0.05, 0.1) is 30.7 Å². The van der Waals surface area contributed by atoms with Gasteiger partial charge in [0.15, 0.2) is 5.78 Å². The predicted molar refractivity (Wildman–Crippen MR) is 133 cm³/mol. The lowest BCUT2D eigenvalue weighted by Crippen LogP contribution is -2.43. The van der Waals surface area contributed by atoms with E-state index in [0.717, 1.165) is 13.1 Å². The summed E-state index contributed by atoms with van der Waals surface area (Å²) in [5, 5.41) is 0.573. The Kier molecular flexibility index (Phi) is 7.42. The number of anilines is 1. The monoisotopic (exact) mass is 552 g/mol. The Morgan fingerprint density at radius 3 is 2.47 bits per heavy atom. The van der Waals surface area contributed by atoms with Gasteiger partial charge in [-0.3, -0.25) is 14.0 Å². The van der Waals surface area contributed by atoms with E-state index in [9.17, 15) is 17.6 Å². The van der Waals surface area contributed by atoms with Crippen LogP contribution in [-0.4, -0.2) is 64.7 Å². The number of rotatable bonds is 8. The zero-order valence-corrected chi connectivity index (χ0v) is 21.4. The highest BCUT2D eigenvalue weighted by Gasteiger charge is 2.26. The topological polar surface area (TPSA) is 80.1 Å². The minimum atomic E-state index is -3.60. The van der Waals surface area contributed by atoms with Crippen molar-refractivity contribution in [2.24, 2.45) is 0 Å². The third-order valence-electron chi connectivity index (χ3n) is 5.86. The van der Waals surface area contributed by atoms with Crippen LogP contribution in [0.2, 0.25) is 0 Å². The van der Waals surface area contributed by atoms with Gasteiger partial charge in [-0.1, -0.05) is 6.92 Å². The van der Waals surface area contributed by atoms with Crippen LogP contribution >= 0.6 is 15.9 Å². The van der Waals surface area contributed by atoms with Crippen molar-refractivity contribution in [3.8, 4) is 11.3 Å². The largest absolute Gasteiger partial charge is 0.455 e. The zero-order chi connectivity index (χ0) is 24.5. The fourth-order valence-electron chi connectivity index (χ4n) is 4.08. The minimum absolute atomic E-state index is 0.120. The number of Topliss-reactive ketones (excluding diaryl/α,β-unsaturated/α-hetero) is 1. The van der Waals surface area contributed by atoms with E-state index in [1.54, 1.807) is 31.2 Å². The Balaban J connectivity index is 1.79. The summed E-state index contributed by atoms with van der Waals surface area (Å²) in [6.07, 6.45) is 1.43. The van der Waals surface area contributed by atoms with Gasteiger partial charge >= 0.3 is 0 Å². The van der Waals surface area contributed by atoms with Crippen LogP contribution in [0.3, 0.4) is 0 Å². The van der Waals surface area contributed by atoms with Gasteiger partial charge in [0.1, 0.15) is 17.2 Å². The van der Waals surface area contributed by atoms with Crippen LogP contribution in [0.15, 0.2) is 45.3 Å². The summed E-state index contributed by atoms with van der Waals surface area (Å²) in [6.45, 7) is 5.33. The van der Waals surface area contributed by atoms with Gasteiger partial charge in [-0.25, -0.2) is 12.8 Å². The normalized spacial score (nSPS) is 15.1. The molecular formula is C24H26BrFN2O5S. The Hall–Kier alpha value is -2.27. The molecule has 0 aliphatic carbocycles. The molecule has 10 heteroatoms. The maximum Gasteiger partial charge on any atom is 0.232 e. The third kappa shape index (κ3) is 5.19. The van der Waals surface area contributed by atoms with Crippen LogP contribution in [0.4, 0.5) is 10.1 Å². The molecule has 0 saturated carbocycles. The maximum absolute atomic E-state index is 13.5. The molecule has 1 aliphatic heterocycles. The second-order valence-corrected chi connectivity index (χ2v) is 10.9. The van der Waals surface area contributed by atoms with Gasteiger partial charge in [0.2, 0.25) is 10.0 Å². The van der Waals surface area contributed by atoms with Gasteiger partial charge in [-0.2, -0.15) is 0 Å². The van der Waals surface area contributed by atoms with Crippen molar-refractivity contribution in [1.29, 1.82) is 0 Å². The van der Waals surface area contributed by atoms with Crippen LogP contribution in [0.25, 0.3) is 22.3 Å². The maximum atomic E-state index is 13.5. The average molecular weight is 553 g/mol. The number of nitrogens with zero attached hydrogens (tertiary/aromatic N) is 2. The lowest BCUT2D eigenvalue weighted by atomic mass is 10.0. The standard InChI is InChI=1S/C24H26BrFN2O5S/c1-3-21(29)23-18-14-19(25)20(15-22(18)33-24(23)16-4-6-17(26)7-5-16)28(34(2,30)31)9-8-27-10-12-32-13-11-27/h4-7,14-15H,3,8-13H2,1-2H3. The molecule has 0 amide bonds. The molecule has 0 spiro atoms. The van der Waals surface area contributed by atoms with E-state index in [0.29, 0.717) is 57.8 Å². The van der Waals surface area contributed by atoms with Crippen LogP contribution < -0.4 is 4.31 Å². The van der Waals surface area contributed by atoms with E-state index in [1.807, 2.05) is 0 Å². The summed E-state index contributed by atoms with van der Waals surface area (Å²) in [6, 6.07) is 9.08. The Morgan fingerprint density at radius 1 is 1.18 bits per heavy atom. The van der Waals surface area contributed by atoms with Crippen molar-refractivity contribution in [1.82, 2.24) is 4.90 Å². The fraction of sp³-hybridized carbons (Fsp3) is 0.375. The van der Waals surface area contributed by atoms with E-state index in [2.05, 4.69) is 20.8 Å². The lowest BCUT2D eigenvalue weighted by molar-refractivity contribution is 0.0395. The Morgan fingerprint density at radius 2 is 1.85 bits per heavy atom. The first-order valence-electron chi connectivity index (χ1n) is 11.0. The number of carbonyl (C=O) groups excluding carboxylic acids is 1. The number of benzene rings is 2. The van der Waals surface area contributed by atoms with Crippen LogP contribution in [0, 0.1) is 5.82 Å². The molecule has 3 aromatic rings. The van der Waals surface area contributed by atoms with Crippen molar-refractivity contribution in [3.63, 3.8) is 0 Å².